The number of allylic oxidation sites excluding steroid dienone is 2. The Bertz CT molecular complexity index is 533. The molecule has 0 amide bonds. The van der Waals surface area contributed by atoms with Crippen molar-refractivity contribution < 1.29 is 9.47 Å². The first-order chi connectivity index (χ1) is 14.4. The fourth-order valence-corrected chi connectivity index (χ4v) is 3.76. The Morgan fingerprint density at radius 3 is 2.07 bits per heavy atom. The molecule has 164 valence electrons. The fourth-order valence-electron chi connectivity index (χ4n) is 3.76. The van der Waals surface area contributed by atoms with Gasteiger partial charge in [-0.15, -0.1) is 0 Å². The second kappa shape index (κ2) is 16.5. The van der Waals surface area contributed by atoms with Crippen molar-refractivity contribution in [2.24, 2.45) is 0 Å². The summed E-state index contributed by atoms with van der Waals surface area (Å²) in [6.45, 7) is 3.84. The highest BCUT2D eigenvalue weighted by molar-refractivity contribution is 5.33. The van der Waals surface area contributed by atoms with E-state index in [-0.39, 0.29) is 0 Å². The number of benzene rings is 1. The molecule has 2 heteroatoms. The molecule has 1 aliphatic heterocycles. The maximum atomic E-state index is 5.90. The molecule has 1 atom stereocenters. The van der Waals surface area contributed by atoms with Crippen molar-refractivity contribution >= 4 is 0 Å². The van der Waals surface area contributed by atoms with Crippen LogP contribution >= 0.6 is 0 Å². The van der Waals surface area contributed by atoms with Crippen molar-refractivity contribution in [3.63, 3.8) is 0 Å². The van der Waals surface area contributed by atoms with Gasteiger partial charge in [-0.05, 0) is 50.2 Å². The molecule has 0 radical (unpaired) electrons. The van der Waals surface area contributed by atoms with E-state index in [2.05, 4.69) is 43.3 Å². The second-order valence-corrected chi connectivity index (χ2v) is 8.56. The maximum absolute atomic E-state index is 5.90. The Kier molecular flexibility index (Phi) is 13.7. The monoisotopic (exact) mass is 400 g/mol. The first kappa shape index (κ1) is 24.0. The Morgan fingerprint density at radius 1 is 0.828 bits per heavy atom. The normalized spacial score (nSPS) is 15.8. The molecule has 1 saturated heterocycles. The van der Waals surface area contributed by atoms with Gasteiger partial charge in [0.1, 0.15) is 18.5 Å². The zero-order chi connectivity index (χ0) is 20.4. The molecule has 0 aromatic heterocycles. The number of hydrogen-bond donors (Lipinski definition) is 0. The summed E-state index contributed by atoms with van der Waals surface area (Å²) in [6, 6.07) is 8.46. The van der Waals surface area contributed by atoms with E-state index in [1.54, 1.807) is 0 Å². The highest BCUT2D eigenvalue weighted by Gasteiger charge is 2.23. The minimum absolute atomic E-state index is 0.323. The fraction of sp³-hybridized carbons (Fsp3) is 0.704. The van der Waals surface area contributed by atoms with Crippen LogP contribution in [0.5, 0.6) is 5.75 Å². The van der Waals surface area contributed by atoms with Gasteiger partial charge in [0.25, 0.3) is 0 Å². The number of para-hydroxylation sites is 1. The van der Waals surface area contributed by atoms with Gasteiger partial charge >= 0.3 is 0 Å². The lowest BCUT2D eigenvalue weighted by atomic mass is 10.0. The number of ether oxygens (including phenoxy) is 2. The summed E-state index contributed by atoms with van der Waals surface area (Å²) in [7, 11) is 0. The highest BCUT2D eigenvalue weighted by Crippen LogP contribution is 2.22. The van der Waals surface area contributed by atoms with Crippen LogP contribution in [0.2, 0.25) is 0 Å². The number of unbranched alkanes of at least 4 members (excludes halogenated alkanes) is 12. The first-order valence-corrected chi connectivity index (χ1v) is 12.4. The molecule has 1 fully saturated rings. The van der Waals surface area contributed by atoms with Crippen LogP contribution in [0.25, 0.3) is 0 Å². The summed E-state index contributed by atoms with van der Waals surface area (Å²) in [5.41, 5.74) is 1.34. The van der Waals surface area contributed by atoms with Crippen LogP contribution in [0.3, 0.4) is 0 Å². The number of hydrogen-bond acceptors (Lipinski definition) is 2. The van der Waals surface area contributed by atoms with E-state index in [9.17, 15) is 0 Å². The largest absolute Gasteiger partial charge is 0.491 e. The minimum Gasteiger partial charge on any atom is -0.491 e. The molecule has 0 aliphatic carbocycles. The summed E-state index contributed by atoms with van der Waals surface area (Å²) in [4.78, 5) is 0. The third-order valence-electron chi connectivity index (χ3n) is 5.76. The number of epoxide rings is 1. The predicted molar refractivity (Wildman–Crippen MR) is 125 cm³/mol. The molecule has 0 saturated carbocycles. The van der Waals surface area contributed by atoms with Gasteiger partial charge in [0.05, 0.1) is 6.61 Å². The van der Waals surface area contributed by atoms with Crippen molar-refractivity contribution in [3.8, 4) is 5.75 Å². The van der Waals surface area contributed by atoms with E-state index < -0.39 is 0 Å². The Morgan fingerprint density at radius 2 is 1.41 bits per heavy atom. The van der Waals surface area contributed by atoms with E-state index in [1.165, 1.54) is 95.5 Å². The van der Waals surface area contributed by atoms with Gasteiger partial charge in [-0.2, -0.15) is 0 Å². The van der Waals surface area contributed by atoms with Crippen molar-refractivity contribution in [1.29, 1.82) is 0 Å². The van der Waals surface area contributed by atoms with E-state index in [0.29, 0.717) is 12.7 Å². The van der Waals surface area contributed by atoms with Crippen molar-refractivity contribution in [1.82, 2.24) is 0 Å². The Labute approximate surface area is 180 Å². The molecule has 2 rings (SSSR count). The summed E-state index contributed by atoms with van der Waals surface area (Å²) in [5, 5.41) is 0. The molecule has 0 N–H and O–H groups in total. The number of aryl methyl sites for hydroxylation is 1. The lowest BCUT2D eigenvalue weighted by Crippen LogP contribution is -2.05. The lowest BCUT2D eigenvalue weighted by Gasteiger charge is -2.10. The molecule has 1 heterocycles. The van der Waals surface area contributed by atoms with Crippen molar-refractivity contribution in [2.75, 3.05) is 13.2 Å². The third-order valence-corrected chi connectivity index (χ3v) is 5.76. The minimum atomic E-state index is 0.323. The molecule has 1 unspecified atom stereocenters. The molecular weight excluding hydrogens is 356 g/mol. The van der Waals surface area contributed by atoms with Crippen molar-refractivity contribution in [3.05, 3.63) is 42.0 Å². The van der Waals surface area contributed by atoms with E-state index in [0.717, 1.165) is 18.8 Å². The van der Waals surface area contributed by atoms with Crippen LogP contribution < -0.4 is 4.74 Å². The molecule has 29 heavy (non-hydrogen) atoms. The summed E-state index contributed by atoms with van der Waals surface area (Å²) in [6.07, 6.45) is 25.4. The molecule has 1 aromatic carbocycles. The summed E-state index contributed by atoms with van der Waals surface area (Å²) in [5.74, 6) is 1.04. The van der Waals surface area contributed by atoms with Gasteiger partial charge in [0.2, 0.25) is 0 Å². The quantitative estimate of drug-likeness (QED) is 0.133. The molecule has 0 bridgehead atoms. The molecular formula is C27H44O2. The maximum Gasteiger partial charge on any atom is 0.122 e. The third kappa shape index (κ3) is 12.8. The van der Waals surface area contributed by atoms with Crippen LogP contribution in [-0.4, -0.2) is 19.3 Å². The standard InChI is InChI=1S/C27H44O2/c1-2-3-4-5-6-7-8-9-10-11-12-13-14-15-16-17-20-25-21-18-19-22-27(25)29-24-26-23-28-26/h13-14,18-19,21-22,26H,2-12,15-17,20,23-24H2,1H3/b14-13+. The van der Waals surface area contributed by atoms with Crippen LogP contribution in [0.15, 0.2) is 36.4 Å². The van der Waals surface area contributed by atoms with Gasteiger partial charge in [0, 0.05) is 0 Å². The first-order valence-electron chi connectivity index (χ1n) is 12.4. The topological polar surface area (TPSA) is 21.8 Å². The smallest absolute Gasteiger partial charge is 0.122 e. The zero-order valence-electron chi connectivity index (χ0n) is 18.9. The summed E-state index contributed by atoms with van der Waals surface area (Å²) >= 11 is 0. The van der Waals surface area contributed by atoms with Crippen LogP contribution in [0.4, 0.5) is 0 Å². The van der Waals surface area contributed by atoms with E-state index >= 15 is 0 Å². The summed E-state index contributed by atoms with van der Waals surface area (Å²) < 4.78 is 11.1. The van der Waals surface area contributed by atoms with Gasteiger partial charge in [-0.3, -0.25) is 0 Å². The van der Waals surface area contributed by atoms with Gasteiger partial charge in [-0.25, -0.2) is 0 Å². The zero-order valence-corrected chi connectivity index (χ0v) is 18.9. The van der Waals surface area contributed by atoms with Crippen LogP contribution in [0.1, 0.15) is 102 Å². The second-order valence-electron chi connectivity index (χ2n) is 8.56. The average molecular weight is 401 g/mol. The van der Waals surface area contributed by atoms with Gasteiger partial charge in [-0.1, -0.05) is 95.1 Å². The van der Waals surface area contributed by atoms with Crippen LogP contribution in [-0.2, 0) is 11.2 Å². The lowest BCUT2D eigenvalue weighted by molar-refractivity contribution is 0.261. The average Bonchev–Trinajstić information content (AvgIpc) is 3.57. The van der Waals surface area contributed by atoms with E-state index in [4.69, 9.17) is 9.47 Å². The van der Waals surface area contributed by atoms with Gasteiger partial charge in [0.15, 0.2) is 0 Å². The van der Waals surface area contributed by atoms with E-state index in [1.807, 2.05) is 0 Å². The Balaban J connectivity index is 1.39. The Hall–Kier alpha value is -1.28. The highest BCUT2D eigenvalue weighted by atomic mass is 16.6. The predicted octanol–water partition coefficient (Wildman–Crippen LogP) is 8.04. The van der Waals surface area contributed by atoms with Crippen molar-refractivity contribution in [2.45, 2.75) is 109 Å². The van der Waals surface area contributed by atoms with Gasteiger partial charge < -0.3 is 9.47 Å². The SMILES string of the molecule is CCCCCCCCCCCC/C=C/CCCCc1ccccc1OCC1CO1. The molecule has 1 aliphatic rings. The number of rotatable bonds is 19. The molecule has 2 nitrogen and oxygen atoms in total. The van der Waals surface area contributed by atoms with Crippen LogP contribution in [0, 0.1) is 0 Å². The molecule has 1 aromatic rings. The molecule has 0 spiro atoms.